The number of fused-ring (bicyclic) bond motifs is 1. The molecule has 3 saturated heterocycles. The number of carbonyl (C=O) groups excluding carboxylic acids is 3. The number of para-hydroxylation sites is 1. The number of benzene rings is 2. The lowest BCUT2D eigenvalue weighted by molar-refractivity contribution is -0.142. The first kappa shape index (κ1) is 34.0. The third-order valence-corrected chi connectivity index (χ3v) is 10.8. The van der Waals surface area contributed by atoms with E-state index < -0.39 is 12.2 Å². The first-order chi connectivity index (χ1) is 23.2. The van der Waals surface area contributed by atoms with Gasteiger partial charge >= 0.3 is 12.1 Å². The highest BCUT2D eigenvalue weighted by Gasteiger charge is 2.36. The van der Waals surface area contributed by atoms with Crippen LogP contribution in [-0.2, 0) is 22.4 Å². The maximum atomic E-state index is 14.1. The van der Waals surface area contributed by atoms with Gasteiger partial charge in [0.25, 0.3) is 5.91 Å². The van der Waals surface area contributed by atoms with E-state index >= 15 is 0 Å². The van der Waals surface area contributed by atoms with Crippen LogP contribution in [0.1, 0.15) is 47.9 Å². The SMILES string of the molecule is COc1c(C)cc(C[C@@H](OC(=O)N2CCC(N3CCc4ccccc4NC3=O)CC2)C(=O)N2CCC(N3CCN(C)CC3)CC2)cc1C. The number of anilines is 1. The van der Waals surface area contributed by atoms with Crippen molar-refractivity contribution >= 4 is 23.7 Å². The van der Waals surface area contributed by atoms with Crippen molar-refractivity contribution in [1.82, 2.24) is 24.5 Å². The van der Waals surface area contributed by atoms with E-state index in [1.807, 2.05) is 54.0 Å². The van der Waals surface area contributed by atoms with E-state index in [0.29, 0.717) is 58.0 Å². The lowest BCUT2D eigenvalue weighted by Gasteiger charge is -2.42. The molecule has 0 aliphatic carbocycles. The Morgan fingerprint density at radius 2 is 1.48 bits per heavy atom. The number of amides is 4. The Labute approximate surface area is 285 Å². The highest BCUT2D eigenvalue weighted by molar-refractivity contribution is 5.91. The van der Waals surface area contributed by atoms with Crippen molar-refractivity contribution in [1.29, 1.82) is 0 Å². The van der Waals surface area contributed by atoms with Gasteiger partial charge in [-0.15, -0.1) is 0 Å². The Balaban J connectivity index is 1.09. The number of aryl methyl sites for hydroxylation is 2. The van der Waals surface area contributed by atoms with Crippen LogP contribution in [0.2, 0.25) is 0 Å². The van der Waals surface area contributed by atoms with Gasteiger partial charge < -0.3 is 34.4 Å². The minimum absolute atomic E-state index is 0.0349. The fourth-order valence-corrected chi connectivity index (χ4v) is 8.01. The van der Waals surface area contributed by atoms with Crippen LogP contribution in [-0.4, -0.2) is 134 Å². The predicted octanol–water partition coefficient (Wildman–Crippen LogP) is 4.15. The molecule has 48 heavy (non-hydrogen) atoms. The highest BCUT2D eigenvalue weighted by Crippen LogP contribution is 2.28. The van der Waals surface area contributed by atoms with Crippen LogP contribution in [0.15, 0.2) is 36.4 Å². The topological polar surface area (TPSA) is 97.9 Å². The van der Waals surface area contributed by atoms with Gasteiger partial charge in [0, 0.05) is 83.1 Å². The molecule has 6 rings (SSSR count). The summed E-state index contributed by atoms with van der Waals surface area (Å²) in [6.45, 7) is 11.2. The summed E-state index contributed by atoms with van der Waals surface area (Å²) in [5.41, 5.74) is 4.92. The largest absolute Gasteiger partial charge is 0.496 e. The van der Waals surface area contributed by atoms with Crippen LogP contribution in [0.25, 0.3) is 0 Å². The van der Waals surface area contributed by atoms with Gasteiger partial charge in [-0.05, 0) is 81.3 Å². The molecule has 0 unspecified atom stereocenters. The molecule has 4 aliphatic heterocycles. The molecule has 4 amide bonds. The maximum Gasteiger partial charge on any atom is 0.410 e. The number of piperazine rings is 1. The number of nitrogens with one attached hydrogen (secondary N) is 1. The number of hydrogen-bond donors (Lipinski definition) is 1. The number of rotatable bonds is 7. The molecule has 0 spiro atoms. The van der Waals surface area contributed by atoms with Gasteiger partial charge in [-0.1, -0.05) is 30.3 Å². The summed E-state index contributed by atoms with van der Waals surface area (Å²) >= 11 is 0. The van der Waals surface area contributed by atoms with Gasteiger partial charge in [-0.3, -0.25) is 9.69 Å². The number of hydrogen-bond acceptors (Lipinski definition) is 7. The van der Waals surface area contributed by atoms with Crippen LogP contribution in [0, 0.1) is 13.8 Å². The van der Waals surface area contributed by atoms with E-state index in [2.05, 4.69) is 28.2 Å². The number of nitrogens with zero attached hydrogens (tertiary/aromatic N) is 5. The van der Waals surface area contributed by atoms with Gasteiger partial charge in [0.15, 0.2) is 6.10 Å². The van der Waals surface area contributed by atoms with Crippen LogP contribution >= 0.6 is 0 Å². The number of likely N-dealkylation sites (N-methyl/N-ethyl adjacent to an activating group) is 1. The molecule has 11 nitrogen and oxygen atoms in total. The molecule has 0 aromatic heterocycles. The van der Waals surface area contributed by atoms with Crippen LogP contribution in [0.4, 0.5) is 15.3 Å². The van der Waals surface area contributed by atoms with E-state index in [-0.39, 0.29) is 18.0 Å². The van der Waals surface area contributed by atoms with Crippen molar-refractivity contribution in [2.75, 3.05) is 78.4 Å². The third kappa shape index (κ3) is 7.73. The summed E-state index contributed by atoms with van der Waals surface area (Å²) in [6.07, 6.45) is 2.89. The molecule has 0 radical (unpaired) electrons. The van der Waals surface area contributed by atoms with E-state index in [4.69, 9.17) is 9.47 Å². The summed E-state index contributed by atoms with van der Waals surface area (Å²) < 4.78 is 11.7. The summed E-state index contributed by atoms with van der Waals surface area (Å²) in [5.74, 6) is 0.705. The maximum absolute atomic E-state index is 14.1. The van der Waals surface area contributed by atoms with Gasteiger partial charge in [-0.2, -0.15) is 0 Å². The van der Waals surface area contributed by atoms with E-state index in [0.717, 1.165) is 79.1 Å². The zero-order valence-electron chi connectivity index (χ0n) is 29.1. The number of likely N-dealkylation sites (tertiary alicyclic amines) is 2. The number of piperidine rings is 2. The molecular weight excluding hydrogens is 608 g/mol. The van der Waals surface area contributed by atoms with Crippen molar-refractivity contribution in [3.05, 3.63) is 58.7 Å². The highest BCUT2D eigenvalue weighted by atomic mass is 16.6. The second-order valence-electron chi connectivity index (χ2n) is 14.0. The Hall–Kier alpha value is -3.83. The first-order valence-corrected chi connectivity index (χ1v) is 17.7. The monoisotopic (exact) mass is 660 g/mol. The van der Waals surface area contributed by atoms with Crippen molar-refractivity contribution in [3.63, 3.8) is 0 Å². The zero-order chi connectivity index (χ0) is 33.8. The third-order valence-electron chi connectivity index (χ3n) is 10.8. The lowest BCUT2D eigenvalue weighted by atomic mass is 9.98. The Bertz CT molecular complexity index is 1440. The second kappa shape index (κ2) is 15.2. The minimum atomic E-state index is -0.919. The standard InChI is InChI=1S/C37H52N6O5/c1-26-23-28(24-27(2)34(26)47-4)25-33(35(44)41-14-10-30(11-15-41)40-21-19-39(3)20-22-40)48-37(46)42-16-12-31(13-17-42)43-18-9-29-7-5-6-8-32(29)38-36(43)45/h5-8,23-24,30-31,33H,9-22,25H2,1-4H3,(H,38,45)/t33-/m1/s1. The fourth-order valence-electron chi connectivity index (χ4n) is 8.01. The number of ether oxygens (including phenoxy) is 2. The number of carbonyl (C=O) groups is 3. The van der Waals surface area contributed by atoms with Gasteiger partial charge in [0.1, 0.15) is 5.75 Å². The van der Waals surface area contributed by atoms with Crippen LogP contribution in [0.3, 0.4) is 0 Å². The molecule has 2 aromatic rings. The molecule has 260 valence electrons. The van der Waals surface area contributed by atoms with Gasteiger partial charge in [0.05, 0.1) is 7.11 Å². The van der Waals surface area contributed by atoms with E-state index in [9.17, 15) is 14.4 Å². The molecule has 3 fully saturated rings. The van der Waals surface area contributed by atoms with Crippen LogP contribution < -0.4 is 10.1 Å². The quantitative estimate of drug-likeness (QED) is 0.477. The van der Waals surface area contributed by atoms with Crippen molar-refractivity contribution in [3.8, 4) is 5.75 Å². The molecular formula is C37H52N6O5. The summed E-state index contributed by atoms with van der Waals surface area (Å²) in [4.78, 5) is 51.3. The summed E-state index contributed by atoms with van der Waals surface area (Å²) in [6, 6.07) is 12.4. The number of urea groups is 1. The molecule has 4 aliphatic rings. The molecule has 0 saturated carbocycles. The van der Waals surface area contributed by atoms with Crippen molar-refractivity contribution in [2.24, 2.45) is 0 Å². The van der Waals surface area contributed by atoms with Crippen LogP contribution in [0.5, 0.6) is 5.75 Å². The number of methoxy groups -OCH3 is 1. The molecule has 0 bridgehead atoms. The molecule has 11 heteroatoms. The summed E-state index contributed by atoms with van der Waals surface area (Å²) in [5, 5.41) is 3.06. The van der Waals surface area contributed by atoms with Crippen molar-refractivity contribution in [2.45, 2.75) is 70.6 Å². The van der Waals surface area contributed by atoms with Gasteiger partial charge in [0.2, 0.25) is 0 Å². The van der Waals surface area contributed by atoms with Gasteiger partial charge in [-0.25, -0.2) is 9.59 Å². The van der Waals surface area contributed by atoms with E-state index in [1.165, 1.54) is 0 Å². The van der Waals surface area contributed by atoms with Crippen molar-refractivity contribution < 1.29 is 23.9 Å². The zero-order valence-corrected chi connectivity index (χ0v) is 29.1. The fraction of sp³-hybridized carbons (Fsp3) is 0.595. The average molecular weight is 661 g/mol. The normalized spacial score (nSPS) is 20.9. The Morgan fingerprint density at radius 1 is 0.854 bits per heavy atom. The van der Waals surface area contributed by atoms with E-state index in [1.54, 1.807) is 12.0 Å². The first-order valence-electron chi connectivity index (χ1n) is 17.7. The molecule has 1 atom stereocenters. The minimum Gasteiger partial charge on any atom is -0.496 e. The summed E-state index contributed by atoms with van der Waals surface area (Å²) in [7, 11) is 3.83. The molecule has 2 aromatic carbocycles. The smallest absolute Gasteiger partial charge is 0.410 e. The predicted molar refractivity (Wildman–Crippen MR) is 186 cm³/mol. The Morgan fingerprint density at radius 3 is 2.15 bits per heavy atom. The average Bonchev–Trinajstić information content (AvgIpc) is 3.26. The molecule has 4 heterocycles. The lowest BCUT2D eigenvalue weighted by Crippen LogP contribution is -2.54. The second-order valence-corrected chi connectivity index (χ2v) is 14.0. The Kier molecular flexibility index (Phi) is 10.8. The molecule has 1 N–H and O–H groups in total.